The third kappa shape index (κ3) is 6.57. The topological polar surface area (TPSA) is 93.5 Å². The molecule has 0 unspecified atom stereocenters. The van der Waals surface area contributed by atoms with Gasteiger partial charge in [-0.3, -0.25) is 9.59 Å². The van der Waals surface area contributed by atoms with E-state index >= 15 is 0 Å². The zero-order valence-electron chi connectivity index (χ0n) is 16.7. The van der Waals surface area contributed by atoms with Crippen molar-refractivity contribution in [3.63, 3.8) is 0 Å². The number of amides is 2. The maximum absolute atomic E-state index is 13.4. The summed E-state index contributed by atoms with van der Waals surface area (Å²) in [6.45, 7) is 3.61. The number of hydrogen-bond donors (Lipinski definition) is 2. The molecule has 2 N–H and O–H groups in total. The highest BCUT2D eigenvalue weighted by atomic mass is 35.5. The van der Waals surface area contributed by atoms with Gasteiger partial charge in [0.05, 0.1) is 5.02 Å². The molecule has 0 spiro atoms. The van der Waals surface area contributed by atoms with Crippen LogP contribution >= 0.6 is 23.2 Å². The van der Waals surface area contributed by atoms with E-state index in [9.17, 15) is 14.0 Å². The third-order valence-corrected chi connectivity index (χ3v) is 4.72. The first kappa shape index (κ1) is 23.3. The summed E-state index contributed by atoms with van der Waals surface area (Å²) in [7, 11) is 0. The minimum atomic E-state index is -0.642. The normalized spacial score (nSPS) is 10.5. The number of aromatic nitrogens is 1. The van der Waals surface area contributed by atoms with E-state index in [0.29, 0.717) is 16.5 Å². The second-order valence-corrected chi connectivity index (χ2v) is 7.45. The molecule has 0 fully saturated rings. The Balaban J connectivity index is 1.39. The number of hydrogen-bond acceptors (Lipinski definition) is 5. The van der Waals surface area contributed by atoms with Crippen LogP contribution in [0.25, 0.3) is 11.3 Å². The first-order valence-electron chi connectivity index (χ1n) is 9.38. The van der Waals surface area contributed by atoms with Crippen molar-refractivity contribution < 1.29 is 23.2 Å². The van der Waals surface area contributed by atoms with Gasteiger partial charge < -0.3 is 19.9 Å². The van der Waals surface area contributed by atoms with Gasteiger partial charge in [-0.1, -0.05) is 34.9 Å². The quantitative estimate of drug-likeness (QED) is 0.469. The van der Waals surface area contributed by atoms with Crippen LogP contribution in [0.1, 0.15) is 16.9 Å². The summed E-state index contributed by atoms with van der Waals surface area (Å²) < 4.78 is 23.8. The molecular weight excluding hydrogens is 460 g/mol. The van der Waals surface area contributed by atoms with E-state index in [1.54, 1.807) is 24.3 Å². The van der Waals surface area contributed by atoms with Gasteiger partial charge in [-0.2, -0.15) is 0 Å². The Morgan fingerprint density at radius 1 is 1.12 bits per heavy atom. The monoisotopic (exact) mass is 477 g/mol. The van der Waals surface area contributed by atoms with Gasteiger partial charge in [0.1, 0.15) is 11.6 Å². The summed E-state index contributed by atoms with van der Waals surface area (Å²) in [6, 6.07) is 12.3. The van der Waals surface area contributed by atoms with Gasteiger partial charge in [0, 0.05) is 41.4 Å². The average molecular weight is 478 g/mol. The van der Waals surface area contributed by atoms with Crippen LogP contribution in [0.5, 0.6) is 5.75 Å². The maximum atomic E-state index is 13.4. The van der Waals surface area contributed by atoms with E-state index in [1.807, 2.05) is 0 Å². The van der Waals surface area contributed by atoms with Crippen molar-refractivity contribution in [2.45, 2.75) is 6.42 Å². The first-order valence-corrected chi connectivity index (χ1v) is 10.1. The molecular formula is C22H18Cl2FN3O4. The molecule has 0 aliphatic heterocycles. The molecule has 166 valence electrons. The van der Waals surface area contributed by atoms with Crippen molar-refractivity contribution in [1.29, 1.82) is 0 Å². The Bertz CT molecular complexity index is 1130. The maximum Gasteiger partial charge on any atom is 0.273 e. The predicted octanol–water partition coefficient (Wildman–Crippen LogP) is 4.62. The van der Waals surface area contributed by atoms with Crippen LogP contribution in [0.15, 0.2) is 65.3 Å². The minimum absolute atomic E-state index is 0.0379. The van der Waals surface area contributed by atoms with Crippen LogP contribution < -0.4 is 15.4 Å². The number of halogens is 3. The second-order valence-electron chi connectivity index (χ2n) is 6.61. The van der Waals surface area contributed by atoms with Crippen LogP contribution in [0.3, 0.4) is 0 Å². The molecule has 0 bridgehead atoms. The van der Waals surface area contributed by atoms with Gasteiger partial charge >= 0.3 is 0 Å². The zero-order chi connectivity index (χ0) is 23.1. The molecule has 0 aliphatic carbocycles. The summed E-state index contributed by atoms with van der Waals surface area (Å²) in [6.07, 6.45) is 0.287. The van der Waals surface area contributed by atoms with Crippen molar-refractivity contribution in [3.05, 3.63) is 82.4 Å². The summed E-state index contributed by atoms with van der Waals surface area (Å²) in [4.78, 5) is 24.1. The third-order valence-electron chi connectivity index (χ3n) is 4.16. The predicted molar refractivity (Wildman–Crippen MR) is 118 cm³/mol. The van der Waals surface area contributed by atoms with Crippen molar-refractivity contribution in [2.75, 3.05) is 13.2 Å². The molecule has 3 aromatic rings. The molecule has 1 aromatic heterocycles. The number of carbonyl (C=O) groups excluding carboxylic acids is 2. The molecule has 0 atom stereocenters. The van der Waals surface area contributed by atoms with Gasteiger partial charge in [0.15, 0.2) is 18.1 Å². The van der Waals surface area contributed by atoms with E-state index < -0.39 is 17.6 Å². The van der Waals surface area contributed by atoms with Gasteiger partial charge in [-0.05, 0) is 36.4 Å². The van der Waals surface area contributed by atoms with Gasteiger partial charge in [-0.25, -0.2) is 4.39 Å². The van der Waals surface area contributed by atoms with Crippen LogP contribution in [0.4, 0.5) is 4.39 Å². The zero-order valence-corrected chi connectivity index (χ0v) is 18.2. The summed E-state index contributed by atoms with van der Waals surface area (Å²) in [5.41, 5.74) is 1.23. The molecule has 2 amide bonds. The highest BCUT2D eigenvalue weighted by Crippen LogP contribution is 2.22. The van der Waals surface area contributed by atoms with E-state index in [4.69, 9.17) is 32.5 Å². The highest BCUT2D eigenvalue weighted by Gasteiger charge is 2.14. The largest absolute Gasteiger partial charge is 0.484 e. The number of rotatable bonds is 9. The van der Waals surface area contributed by atoms with E-state index in [2.05, 4.69) is 22.4 Å². The second kappa shape index (κ2) is 10.8. The molecule has 0 radical (unpaired) electrons. The molecule has 0 saturated heterocycles. The number of ether oxygens (including phenoxy) is 1. The SMILES string of the molecule is C=C(CCNC(=O)c1cc(-c2ccc(Cl)cc2)on1)NC(=O)COc1ccc(Cl)c(F)c1. The fourth-order valence-electron chi connectivity index (χ4n) is 2.56. The van der Waals surface area contributed by atoms with E-state index in [0.717, 1.165) is 11.6 Å². The molecule has 3 rings (SSSR count). The molecule has 32 heavy (non-hydrogen) atoms. The Morgan fingerprint density at radius 3 is 2.59 bits per heavy atom. The molecule has 10 heteroatoms. The lowest BCUT2D eigenvalue weighted by atomic mass is 10.1. The van der Waals surface area contributed by atoms with Crippen molar-refractivity contribution in [3.8, 4) is 17.1 Å². The fourth-order valence-corrected chi connectivity index (χ4v) is 2.80. The summed E-state index contributed by atoms with van der Waals surface area (Å²) in [5, 5.41) is 9.52. The van der Waals surface area contributed by atoms with Crippen LogP contribution in [-0.2, 0) is 4.79 Å². The standard InChI is InChI=1S/C22H18Cl2FN3O4/c1-13(27-21(29)12-31-16-6-7-17(24)18(25)10-16)8-9-26-22(30)19-11-20(32-28-19)14-2-4-15(23)5-3-14/h2-7,10-11H,1,8-9,12H2,(H,26,30)(H,27,29). The van der Waals surface area contributed by atoms with Crippen molar-refractivity contribution in [2.24, 2.45) is 0 Å². The van der Waals surface area contributed by atoms with Gasteiger partial charge in [-0.15, -0.1) is 0 Å². The van der Waals surface area contributed by atoms with Crippen molar-refractivity contribution >= 4 is 35.0 Å². The molecule has 1 heterocycles. The summed E-state index contributed by atoms with van der Waals surface area (Å²) >= 11 is 11.4. The van der Waals surface area contributed by atoms with Crippen LogP contribution in [-0.4, -0.2) is 30.1 Å². The Morgan fingerprint density at radius 2 is 1.88 bits per heavy atom. The molecule has 0 aliphatic rings. The average Bonchev–Trinajstić information content (AvgIpc) is 3.25. The molecule has 0 saturated carbocycles. The number of nitrogens with one attached hydrogen (secondary N) is 2. The fraction of sp³-hybridized carbons (Fsp3) is 0.136. The van der Waals surface area contributed by atoms with E-state index in [1.165, 1.54) is 18.2 Å². The highest BCUT2D eigenvalue weighted by molar-refractivity contribution is 6.31. The minimum Gasteiger partial charge on any atom is -0.484 e. The lowest BCUT2D eigenvalue weighted by Gasteiger charge is -2.10. The number of benzene rings is 2. The number of nitrogens with zero attached hydrogens (tertiary/aromatic N) is 1. The van der Waals surface area contributed by atoms with Gasteiger partial charge in [0.25, 0.3) is 11.8 Å². The van der Waals surface area contributed by atoms with E-state index in [-0.39, 0.29) is 36.0 Å². The summed E-state index contributed by atoms with van der Waals surface area (Å²) in [5.74, 6) is -0.936. The van der Waals surface area contributed by atoms with Crippen LogP contribution in [0, 0.1) is 5.82 Å². The Hall–Kier alpha value is -3.36. The first-order chi connectivity index (χ1) is 15.3. The van der Waals surface area contributed by atoms with Gasteiger partial charge in [0.2, 0.25) is 0 Å². The smallest absolute Gasteiger partial charge is 0.273 e. The molecule has 7 nitrogen and oxygen atoms in total. The lowest BCUT2D eigenvalue weighted by Crippen LogP contribution is -2.31. The lowest BCUT2D eigenvalue weighted by molar-refractivity contribution is -0.122. The Labute approximate surface area is 193 Å². The Kier molecular flexibility index (Phi) is 7.86. The van der Waals surface area contributed by atoms with Crippen molar-refractivity contribution in [1.82, 2.24) is 15.8 Å². The molecule has 2 aromatic carbocycles. The number of carbonyl (C=O) groups is 2. The van der Waals surface area contributed by atoms with Crippen LogP contribution in [0.2, 0.25) is 10.0 Å².